The fraction of sp³-hybridized carbons (Fsp3) is 0.537. The van der Waals surface area contributed by atoms with E-state index in [-0.39, 0.29) is 80.0 Å². The van der Waals surface area contributed by atoms with Gasteiger partial charge in [0.1, 0.15) is 23.9 Å². The summed E-state index contributed by atoms with van der Waals surface area (Å²) in [5, 5.41) is 16.6. The summed E-state index contributed by atoms with van der Waals surface area (Å²) in [6.45, 7) is 11.4. The van der Waals surface area contributed by atoms with Gasteiger partial charge in [-0.05, 0) is 80.7 Å². The Labute approximate surface area is 335 Å². The summed E-state index contributed by atoms with van der Waals surface area (Å²) in [5.74, 6) is -0.630. The van der Waals surface area contributed by atoms with Gasteiger partial charge in [-0.25, -0.2) is 4.98 Å². The highest BCUT2D eigenvalue weighted by Gasteiger charge is 2.44. The van der Waals surface area contributed by atoms with Crippen molar-refractivity contribution in [2.75, 3.05) is 6.54 Å². The fourth-order valence-electron chi connectivity index (χ4n) is 6.66. The quantitative estimate of drug-likeness (QED) is 0.106. The molecule has 7 N–H and O–H groups in total. The first-order valence-electron chi connectivity index (χ1n) is 18.9. The number of nitrogens with one attached hydrogen (secondary N) is 2. The number of ether oxygens (including phenoxy) is 1. The molecule has 0 bridgehead atoms. The van der Waals surface area contributed by atoms with E-state index in [9.17, 15) is 24.3 Å². The Morgan fingerprint density at radius 1 is 1.04 bits per heavy atom. The van der Waals surface area contributed by atoms with Crippen LogP contribution >= 0.6 is 23.7 Å². The maximum absolute atomic E-state index is 14.0. The van der Waals surface area contributed by atoms with E-state index in [0.29, 0.717) is 18.6 Å². The van der Waals surface area contributed by atoms with E-state index >= 15 is 0 Å². The average Bonchev–Trinajstić information content (AvgIpc) is 3.73. The van der Waals surface area contributed by atoms with Crippen molar-refractivity contribution in [1.82, 2.24) is 20.5 Å². The van der Waals surface area contributed by atoms with E-state index in [0.717, 1.165) is 46.5 Å². The highest BCUT2D eigenvalue weighted by molar-refractivity contribution is 7.13. The summed E-state index contributed by atoms with van der Waals surface area (Å²) in [5.41, 5.74) is 16.6. The number of aliphatic hydroxyl groups is 1. The van der Waals surface area contributed by atoms with Crippen LogP contribution in [0, 0.1) is 12.3 Å². The maximum Gasteiger partial charge on any atom is 0.246 e. The Hall–Kier alpha value is -4.04. The Morgan fingerprint density at radius 3 is 2.38 bits per heavy atom. The molecule has 14 heteroatoms. The second-order valence-corrected chi connectivity index (χ2v) is 16.4. The Morgan fingerprint density at radius 2 is 1.75 bits per heavy atom. The predicted octanol–water partition coefficient (Wildman–Crippen LogP) is 5.37. The third-order valence-corrected chi connectivity index (χ3v) is 11.0. The summed E-state index contributed by atoms with van der Waals surface area (Å²) >= 11 is 1.58. The van der Waals surface area contributed by atoms with E-state index < -0.39 is 23.6 Å². The number of carbonyl (C=O) groups is 4. The molecule has 4 rings (SSSR count). The molecule has 4 amide bonds. The SMILES string of the molecule is Cc1ncsc1-c1ccc([C@H](C)NC(=O)[C@@H]2C[C@@H](O)CN2C(=O)[C@@H](NC(=O)CCCCCc2cccc(O[C@H](C)[C@@H](N)CCC(N)=O)c2)C(C)(C)C)cc1.Cl. The first-order chi connectivity index (χ1) is 25.5. The number of carbonyl (C=O) groups excluding carboxylic acids is 4. The van der Waals surface area contributed by atoms with Crippen LogP contribution in [0.5, 0.6) is 5.75 Å². The van der Waals surface area contributed by atoms with Crippen LogP contribution in [-0.2, 0) is 25.6 Å². The van der Waals surface area contributed by atoms with E-state index in [4.69, 9.17) is 16.2 Å². The first-order valence-corrected chi connectivity index (χ1v) is 19.8. The number of nitrogens with two attached hydrogens (primary N) is 2. The van der Waals surface area contributed by atoms with Gasteiger partial charge in [0.05, 0.1) is 28.2 Å². The van der Waals surface area contributed by atoms with Gasteiger partial charge in [-0.3, -0.25) is 19.2 Å². The summed E-state index contributed by atoms with van der Waals surface area (Å²) in [7, 11) is 0. The van der Waals surface area contributed by atoms with Crippen molar-refractivity contribution in [3.63, 3.8) is 0 Å². The van der Waals surface area contributed by atoms with E-state index in [1.807, 2.05) is 95.6 Å². The second kappa shape index (κ2) is 20.8. The van der Waals surface area contributed by atoms with Gasteiger partial charge >= 0.3 is 0 Å². The third kappa shape index (κ3) is 13.3. The number of aromatic nitrogens is 1. The number of halogens is 1. The molecule has 12 nitrogen and oxygen atoms in total. The van der Waals surface area contributed by atoms with E-state index in [1.165, 1.54) is 4.90 Å². The molecule has 6 atom stereocenters. The van der Waals surface area contributed by atoms with Crippen LogP contribution < -0.4 is 26.8 Å². The second-order valence-electron chi connectivity index (χ2n) is 15.6. The van der Waals surface area contributed by atoms with Gasteiger partial charge in [0.25, 0.3) is 0 Å². The number of aryl methyl sites for hydroxylation is 2. The maximum atomic E-state index is 14.0. The van der Waals surface area contributed by atoms with Crippen molar-refractivity contribution < 1.29 is 29.0 Å². The molecule has 1 aliphatic heterocycles. The molecule has 2 aromatic carbocycles. The van der Waals surface area contributed by atoms with E-state index in [2.05, 4.69) is 15.6 Å². The van der Waals surface area contributed by atoms with Crippen molar-refractivity contribution >= 4 is 47.4 Å². The molecule has 3 aromatic rings. The molecule has 2 heterocycles. The first kappa shape index (κ1) is 45.4. The number of amides is 4. The van der Waals surface area contributed by atoms with E-state index in [1.54, 1.807) is 11.3 Å². The fourth-order valence-corrected chi connectivity index (χ4v) is 7.47. The van der Waals surface area contributed by atoms with Crippen LogP contribution in [0.25, 0.3) is 10.4 Å². The number of thiazole rings is 1. The molecule has 1 saturated heterocycles. The normalized spacial score (nSPS) is 17.7. The Kier molecular flexibility index (Phi) is 17.1. The summed E-state index contributed by atoms with van der Waals surface area (Å²) in [6.07, 6.45) is 3.06. The lowest BCUT2D eigenvalue weighted by Crippen LogP contribution is -2.57. The molecule has 1 fully saturated rings. The number of benzene rings is 2. The number of unbranched alkanes of at least 4 members (excludes halogenated alkanes) is 2. The Bertz CT molecular complexity index is 1730. The van der Waals surface area contributed by atoms with Crippen LogP contribution in [0.3, 0.4) is 0 Å². The van der Waals surface area contributed by atoms with Crippen molar-refractivity contribution in [1.29, 1.82) is 0 Å². The summed E-state index contributed by atoms with van der Waals surface area (Å²) < 4.78 is 6.01. The van der Waals surface area contributed by atoms with Crippen LogP contribution in [-0.4, -0.2) is 75.5 Å². The van der Waals surface area contributed by atoms with Crippen LogP contribution in [0.1, 0.15) is 102 Å². The van der Waals surface area contributed by atoms with Crippen LogP contribution in [0.4, 0.5) is 0 Å². The Balaban J connectivity index is 0.00000812. The van der Waals surface area contributed by atoms with Gasteiger partial charge in [-0.2, -0.15) is 0 Å². The van der Waals surface area contributed by atoms with Gasteiger partial charge in [-0.15, -0.1) is 23.7 Å². The molecule has 0 spiro atoms. The minimum Gasteiger partial charge on any atom is -0.489 e. The number of primary amides is 1. The number of aliphatic hydroxyl groups excluding tert-OH is 1. The van der Waals surface area contributed by atoms with Gasteiger partial charge in [-0.1, -0.05) is 63.6 Å². The molecule has 55 heavy (non-hydrogen) atoms. The van der Waals surface area contributed by atoms with Gasteiger partial charge in [0.2, 0.25) is 23.6 Å². The van der Waals surface area contributed by atoms with Crippen molar-refractivity contribution in [3.8, 4) is 16.2 Å². The van der Waals surface area contributed by atoms with Crippen LogP contribution in [0.15, 0.2) is 54.0 Å². The highest BCUT2D eigenvalue weighted by Crippen LogP contribution is 2.30. The van der Waals surface area contributed by atoms with Crippen molar-refractivity contribution in [2.24, 2.45) is 16.9 Å². The predicted molar refractivity (Wildman–Crippen MR) is 219 cm³/mol. The summed E-state index contributed by atoms with van der Waals surface area (Å²) in [6, 6.07) is 13.4. The largest absolute Gasteiger partial charge is 0.489 e. The summed E-state index contributed by atoms with van der Waals surface area (Å²) in [4.78, 5) is 58.7. The number of β-amino-alcohol motifs (C(OH)–C–C–N with tert-alkyl or cyclic N) is 1. The lowest BCUT2D eigenvalue weighted by Gasteiger charge is -2.35. The molecule has 0 saturated carbocycles. The minimum absolute atomic E-state index is 0. The van der Waals surface area contributed by atoms with Crippen molar-refractivity contribution in [3.05, 3.63) is 70.9 Å². The monoisotopic (exact) mass is 798 g/mol. The molecule has 1 aliphatic rings. The standard InChI is InChI=1S/C41H58N6O6S.ClH/c1-25(29-15-17-30(18-16-29)37-26(2)44-24-54-37)45-39(51)34-22-31(48)23-47(34)40(52)38(41(4,5)6)46-36(50)14-9-7-8-11-28-12-10-13-32(21-28)53-27(3)33(42)19-20-35(43)49;/h10,12-13,15-18,21,24-25,27,31,33-34,38,48H,7-9,11,14,19-20,22-23,42H2,1-6H3,(H2,43,49)(H,45,51)(H,46,50);1H/t25-,27+,31+,33-,34-,38+;/m0./s1. The number of likely N-dealkylation sites (tertiary alicyclic amines) is 1. The van der Waals surface area contributed by atoms with Crippen molar-refractivity contribution in [2.45, 2.75) is 129 Å². The molecular weight excluding hydrogens is 740 g/mol. The molecule has 0 aliphatic carbocycles. The molecule has 1 aromatic heterocycles. The number of rotatable bonds is 18. The zero-order valence-electron chi connectivity index (χ0n) is 32.9. The third-order valence-electron chi connectivity index (χ3n) is 9.98. The lowest BCUT2D eigenvalue weighted by atomic mass is 9.85. The number of nitrogens with zero attached hydrogens (tertiary/aromatic N) is 2. The zero-order valence-corrected chi connectivity index (χ0v) is 34.5. The highest BCUT2D eigenvalue weighted by atomic mass is 35.5. The van der Waals surface area contributed by atoms with Crippen LogP contribution in [0.2, 0.25) is 0 Å². The molecular formula is C41H59ClN6O6S. The molecule has 0 radical (unpaired) electrons. The average molecular weight is 799 g/mol. The number of hydrogen-bond acceptors (Lipinski definition) is 9. The number of hydrogen-bond donors (Lipinski definition) is 5. The molecule has 302 valence electrons. The van der Waals surface area contributed by atoms with Gasteiger partial charge in [0, 0.05) is 31.8 Å². The minimum atomic E-state index is -0.875. The smallest absolute Gasteiger partial charge is 0.246 e. The topological polar surface area (TPSA) is 190 Å². The van der Waals surface area contributed by atoms with Gasteiger partial charge in [0.15, 0.2) is 0 Å². The lowest BCUT2D eigenvalue weighted by molar-refractivity contribution is -0.144. The molecule has 0 unspecified atom stereocenters. The zero-order chi connectivity index (χ0) is 39.6. The van der Waals surface area contributed by atoms with Gasteiger partial charge < -0.3 is 36.8 Å².